The molecule has 3 N–H and O–H groups in total. The van der Waals surface area contributed by atoms with Crippen molar-refractivity contribution in [2.45, 2.75) is 13.0 Å². The first kappa shape index (κ1) is 9.49. The lowest BCUT2D eigenvalue weighted by Gasteiger charge is -2.12. The van der Waals surface area contributed by atoms with Gasteiger partial charge >= 0.3 is 0 Å². The molecule has 1 atom stereocenters. The molecule has 0 aliphatic rings. The molecule has 0 radical (unpaired) electrons. The van der Waals surface area contributed by atoms with Crippen molar-refractivity contribution in [3.8, 4) is 6.07 Å². The van der Waals surface area contributed by atoms with Crippen LogP contribution in [-0.2, 0) is 0 Å². The van der Waals surface area contributed by atoms with Gasteiger partial charge in [-0.25, -0.2) is 0 Å². The molecule has 1 heterocycles. The molecule has 0 aliphatic heterocycles. The molecule has 0 fully saturated rings. The van der Waals surface area contributed by atoms with Crippen LogP contribution in [0.3, 0.4) is 0 Å². The van der Waals surface area contributed by atoms with Gasteiger partial charge in [-0.1, -0.05) is 0 Å². The van der Waals surface area contributed by atoms with Gasteiger partial charge < -0.3 is 11.1 Å². The maximum absolute atomic E-state index is 8.75. The van der Waals surface area contributed by atoms with Crippen molar-refractivity contribution >= 4 is 5.69 Å². The quantitative estimate of drug-likeness (QED) is 0.711. The molecule has 0 spiro atoms. The highest BCUT2D eigenvalue weighted by Crippen LogP contribution is 2.12. The summed E-state index contributed by atoms with van der Waals surface area (Å²) in [7, 11) is 0. The molecule has 0 bridgehead atoms. The molecule has 0 aromatic carbocycles. The van der Waals surface area contributed by atoms with Gasteiger partial charge in [-0.05, 0) is 13.0 Å². The van der Waals surface area contributed by atoms with Crippen LogP contribution in [-0.4, -0.2) is 17.6 Å². The lowest BCUT2D eigenvalue weighted by molar-refractivity contribution is 0.802. The minimum absolute atomic E-state index is 0.149. The Balaban J connectivity index is 2.82. The number of anilines is 1. The molecule has 4 nitrogen and oxygen atoms in total. The van der Waals surface area contributed by atoms with Gasteiger partial charge in [0.15, 0.2) is 0 Å². The summed E-state index contributed by atoms with van der Waals surface area (Å²) < 4.78 is 0. The van der Waals surface area contributed by atoms with E-state index in [9.17, 15) is 0 Å². The van der Waals surface area contributed by atoms with Gasteiger partial charge in [0.25, 0.3) is 0 Å². The van der Waals surface area contributed by atoms with Crippen molar-refractivity contribution in [1.82, 2.24) is 4.98 Å². The van der Waals surface area contributed by atoms with Crippen molar-refractivity contribution in [3.05, 3.63) is 24.0 Å². The molecule has 4 heteroatoms. The van der Waals surface area contributed by atoms with Crippen LogP contribution in [0.1, 0.15) is 12.5 Å². The molecule has 0 amide bonds. The molecular weight excluding hydrogens is 164 g/mol. The SMILES string of the molecule is CC(CN)Nc1cnccc1C#N. The summed E-state index contributed by atoms with van der Waals surface area (Å²) in [4.78, 5) is 3.93. The third-order valence-corrected chi connectivity index (χ3v) is 1.70. The van der Waals surface area contributed by atoms with Gasteiger partial charge in [-0.15, -0.1) is 0 Å². The summed E-state index contributed by atoms with van der Waals surface area (Å²) in [6.07, 6.45) is 3.22. The lowest BCUT2D eigenvalue weighted by Crippen LogP contribution is -2.25. The Bertz CT molecular complexity index is 316. The number of nitrogens with one attached hydrogen (secondary N) is 1. The standard InChI is InChI=1S/C9H12N4/c1-7(4-10)13-9-6-12-3-2-8(9)5-11/h2-3,6-7,13H,4,10H2,1H3. The van der Waals surface area contributed by atoms with E-state index in [-0.39, 0.29) is 6.04 Å². The van der Waals surface area contributed by atoms with Gasteiger partial charge in [0.2, 0.25) is 0 Å². The Morgan fingerprint density at radius 3 is 3.15 bits per heavy atom. The van der Waals surface area contributed by atoms with Crippen LogP contribution in [0.5, 0.6) is 0 Å². The Labute approximate surface area is 77.4 Å². The number of rotatable bonds is 3. The molecule has 1 rings (SSSR count). The summed E-state index contributed by atoms with van der Waals surface area (Å²) >= 11 is 0. The first-order chi connectivity index (χ1) is 6.27. The topological polar surface area (TPSA) is 74.7 Å². The highest BCUT2D eigenvalue weighted by molar-refractivity contribution is 5.55. The van der Waals surface area contributed by atoms with Crippen LogP contribution in [0.15, 0.2) is 18.5 Å². The second kappa shape index (κ2) is 4.43. The number of aromatic nitrogens is 1. The maximum atomic E-state index is 8.75. The number of nitriles is 1. The van der Waals surface area contributed by atoms with Crippen LogP contribution >= 0.6 is 0 Å². The highest BCUT2D eigenvalue weighted by Gasteiger charge is 2.03. The Morgan fingerprint density at radius 1 is 1.77 bits per heavy atom. The minimum Gasteiger partial charge on any atom is -0.379 e. The number of hydrogen-bond acceptors (Lipinski definition) is 4. The second-order valence-electron chi connectivity index (χ2n) is 2.81. The number of pyridine rings is 1. The molecule has 1 aromatic rings. The van der Waals surface area contributed by atoms with Crippen LogP contribution in [0.25, 0.3) is 0 Å². The first-order valence-corrected chi connectivity index (χ1v) is 4.08. The average Bonchev–Trinajstić information content (AvgIpc) is 2.18. The fraction of sp³-hybridized carbons (Fsp3) is 0.333. The molecule has 1 aromatic heterocycles. The molecule has 0 saturated carbocycles. The molecule has 1 unspecified atom stereocenters. The monoisotopic (exact) mass is 176 g/mol. The van der Waals surface area contributed by atoms with E-state index in [1.807, 2.05) is 6.92 Å². The van der Waals surface area contributed by atoms with Crippen molar-refractivity contribution in [2.24, 2.45) is 5.73 Å². The maximum Gasteiger partial charge on any atom is 0.101 e. The summed E-state index contributed by atoms with van der Waals surface area (Å²) in [5.41, 5.74) is 6.78. The highest BCUT2D eigenvalue weighted by atomic mass is 14.9. The van der Waals surface area contributed by atoms with E-state index in [4.69, 9.17) is 11.0 Å². The summed E-state index contributed by atoms with van der Waals surface area (Å²) in [5.74, 6) is 0. The zero-order valence-corrected chi connectivity index (χ0v) is 7.49. The van der Waals surface area contributed by atoms with Crippen molar-refractivity contribution < 1.29 is 0 Å². The van der Waals surface area contributed by atoms with E-state index in [1.165, 1.54) is 0 Å². The predicted octanol–water partition coefficient (Wildman–Crippen LogP) is 0.712. The van der Waals surface area contributed by atoms with E-state index < -0.39 is 0 Å². The third-order valence-electron chi connectivity index (χ3n) is 1.70. The predicted molar refractivity (Wildman–Crippen MR) is 51.1 cm³/mol. The summed E-state index contributed by atoms with van der Waals surface area (Å²) in [6, 6.07) is 3.90. The van der Waals surface area contributed by atoms with E-state index >= 15 is 0 Å². The van der Waals surface area contributed by atoms with Crippen molar-refractivity contribution in [1.29, 1.82) is 5.26 Å². The summed E-state index contributed by atoms with van der Waals surface area (Å²) in [6.45, 7) is 2.48. The van der Waals surface area contributed by atoms with Crippen LogP contribution in [0, 0.1) is 11.3 Å². The van der Waals surface area contributed by atoms with Gasteiger partial charge in [0.1, 0.15) is 6.07 Å². The number of hydrogen-bond donors (Lipinski definition) is 2. The van der Waals surface area contributed by atoms with Gasteiger partial charge in [0.05, 0.1) is 17.4 Å². The smallest absolute Gasteiger partial charge is 0.101 e. The van der Waals surface area contributed by atoms with E-state index in [0.717, 1.165) is 5.69 Å². The van der Waals surface area contributed by atoms with Gasteiger partial charge in [-0.3, -0.25) is 4.98 Å². The van der Waals surface area contributed by atoms with E-state index in [0.29, 0.717) is 12.1 Å². The molecule has 13 heavy (non-hydrogen) atoms. The van der Waals surface area contributed by atoms with Crippen LogP contribution in [0.2, 0.25) is 0 Å². The number of nitrogens with two attached hydrogens (primary N) is 1. The fourth-order valence-electron chi connectivity index (χ4n) is 0.931. The lowest BCUT2D eigenvalue weighted by atomic mass is 10.2. The second-order valence-corrected chi connectivity index (χ2v) is 2.81. The fourth-order valence-corrected chi connectivity index (χ4v) is 0.931. The van der Waals surface area contributed by atoms with Gasteiger partial charge in [-0.2, -0.15) is 5.26 Å². The third kappa shape index (κ3) is 2.42. The van der Waals surface area contributed by atoms with Gasteiger partial charge in [0, 0.05) is 18.8 Å². The largest absolute Gasteiger partial charge is 0.379 e. The molecule has 68 valence electrons. The zero-order valence-electron chi connectivity index (χ0n) is 7.49. The van der Waals surface area contributed by atoms with E-state index in [2.05, 4.69) is 16.4 Å². The minimum atomic E-state index is 0.149. The van der Waals surface area contributed by atoms with Crippen LogP contribution < -0.4 is 11.1 Å². The molecule has 0 saturated heterocycles. The first-order valence-electron chi connectivity index (χ1n) is 4.08. The summed E-state index contributed by atoms with van der Waals surface area (Å²) in [5, 5.41) is 11.9. The normalized spacial score (nSPS) is 11.8. The van der Waals surface area contributed by atoms with Crippen molar-refractivity contribution in [3.63, 3.8) is 0 Å². The van der Waals surface area contributed by atoms with Crippen molar-refractivity contribution in [2.75, 3.05) is 11.9 Å². The zero-order chi connectivity index (χ0) is 9.68. The van der Waals surface area contributed by atoms with Crippen LogP contribution in [0.4, 0.5) is 5.69 Å². The average molecular weight is 176 g/mol. The number of nitrogens with zero attached hydrogens (tertiary/aromatic N) is 2. The van der Waals surface area contributed by atoms with E-state index in [1.54, 1.807) is 18.5 Å². The Morgan fingerprint density at radius 2 is 2.54 bits per heavy atom. The Kier molecular flexibility index (Phi) is 3.23. The molecule has 0 aliphatic carbocycles. The Hall–Kier alpha value is -1.60. The molecular formula is C9H12N4.